The molecule has 12 heteroatoms. The Kier molecular flexibility index (Phi) is 7.17. The van der Waals surface area contributed by atoms with E-state index in [4.69, 9.17) is 0 Å². The van der Waals surface area contributed by atoms with E-state index in [0.717, 1.165) is 48.5 Å². The van der Waals surface area contributed by atoms with Crippen LogP contribution in [0.15, 0.2) is 57.5 Å². The highest BCUT2D eigenvalue weighted by atomic mass is 79.9. The van der Waals surface area contributed by atoms with E-state index >= 15 is 0 Å². The zero-order valence-corrected chi connectivity index (χ0v) is 18.2. The van der Waals surface area contributed by atoms with Crippen molar-refractivity contribution in [3.8, 4) is 0 Å². The van der Waals surface area contributed by atoms with E-state index in [-0.39, 0.29) is 0 Å². The van der Waals surface area contributed by atoms with Crippen molar-refractivity contribution in [2.45, 2.75) is 42.5 Å². The lowest BCUT2D eigenvalue weighted by Gasteiger charge is -2.39. The van der Waals surface area contributed by atoms with E-state index in [1.807, 2.05) is 0 Å². The largest absolute Gasteiger partial charge is 0.384 e. The summed E-state index contributed by atoms with van der Waals surface area (Å²) in [7, 11) is 0. The average molecular weight is 590 g/mol. The van der Waals surface area contributed by atoms with Crippen molar-refractivity contribution >= 4 is 31.9 Å². The molecule has 0 fully saturated rings. The first kappa shape index (κ1) is 26.0. The first-order valence-electron chi connectivity index (χ1n) is 8.32. The molecule has 172 valence electrons. The molecule has 2 aromatic carbocycles. The van der Waals surface area contributed by atoms with E-state index in [9.17, 15) is 43.9 Å². The molecule has 0 aliphatic rings. The molecule has 0 radical (unpaired) electrons. The van der Waals surface area contributed by atoms with Gasteiger partial charge in [-0.1, -0.05) is 56.1 Å². The molecule has 0 amide bonds. The molecule has 0 unspecified atom stereocenters. The third-order valence-electron chi connectivity index (χ3n) is 4.39. The van der Waals surface area contributed by atoms with Crippen molar-refractivity contribution < 1.29 is 43.9 Å². The van der Waals surface area contributed by atoms with Crippen molar-refractivity contribution in [2.75, 3.05) is 0 Å². The van der Waals surface area contributed by atoms with Crippen LogP contribution in [-0.2, 0) is 12.8 Å². The Hall–Kier alpha value is -1.30. The van der Waals surface area contributed by atoms with Gasteiger partial charge >= 0.3 is 29.6 Å². The maximum absolute atomic E-state index is 14.0. The van der Waals surface area contributed by atoms with Gasteiger partial charge in [0.05, 0.1) is 0 Å². The Morgan fingerprint density at radius 2 is 0.710 bits per heavy atom. The normalized spacial score (nSPS) is 14.1. The summed E-state index contributed by atoms with van der Waals surface area (Å²) in [4.78, 5) is 0. The molecule has 0 atom stereocenters. The second-order valence-corrected chi connectivity index (χ2v) is 8.57. The van der Waals surface area contributed by atoms with E-state index in [2.05, 4.69) is 31.9 Å². The van der Waals surface area contributed by atoms with Crippen LogP contribution in [0, 0.1) is 0 Å². The topological polar surface area (TPSA) is 0 Å². The van der Waals surface area contributed by atoms with Gasteiger partial charge in [0.1, 0.15) is 0 Å². The van der Waals surface area contributed by atoms with Gasteiger partial charge in [0.2, 0.25) is 0 Å². The summed E-state index contributed by atoms with van der Waals surface area (Å²) in [6.45, 7) is 0. The summed E-state index contributed by atoms with van der Waals surface area (Å²) in [5.74, 6) is -32.2. The second kappa shape index (κ2) is 8.57. The van der Waals surface area contributed by atoms with Crippen LogP contribution in [0.5, 0.6) is 0 Å². The lowest BCUT2D eigenvalue weighted by molar-refractivity contribution is -0.400. The molecule has 0 heterocycles. The number of alkyl halides is 10. The number of halogens is 12. The smallest absolute Gasteiger partial charge is 0.199 e. The standard InChI is InChI=1S/C19H12Br2F10/c20-13-5-1-11(2-6-13)9-15(22,23)17(26,27)19(30,31)18(28,29)16(24,25)10-12-3-7-14(21)8-4-12/h1-8H,9-10H2. The number of hydrogen-bond acceptors (Lipinski definition) is 0. The monoisotopic (exact) mass is 588 g/mol. The van der Waals surface area contributed by atoms with Gasteiger partial charge in [-0.05, 0) is 35.4 Å². The van der Waals surface area contributed by atoms with Crippen molar-refractivity contribution in [1.29, 1.82) is 0 Å². The van der Waals surface area contributed by atoms with Crippen LogP contribution < -0.4 is 0 Å². The molecule has 0 aliphatic heterocycles. The lowest BCUT2D eigenvalue weighted by Crippen LogP contribution is -2.68. The van der Waals surface area contributed by atoms with Gasteiger partial charge in [0, 0.05) is 21.8 Å². The average Bonchev–Trinajstić information content (AvgIpc) is 2.64. The molecule has 0 spiro atoms. The minimum Gasteiger partial charge on any atom is -0.199 e. The van der Waals surface area contributed by atoms with E-state index in [1.54, 1.807) is 0 Å². The third kappa shape index (κ3) is 4.89. The molecule has 0 aliphatic carbocycles. The van der Waals surface area contributed by atoms with E-state index in [0.29, 0.717) is 8.95 Å². The Balaban J connectivity index is 2.37. The van der Waals surface area contributed by atoms with Crippen LogP contribution in [0.25, 0.3) is 0 Å². The van der Waals surface area contributed by atoms with Crippen LogP contribution in [0.2, 0.25) is 0 Å². The van der Waals surface area contributed by atoms with Crippen LogP contribution in [-0.4, -0.2) is 29.6 Å². The summed E-state index contributed by atoms with van der Waals surface area (Å²) in [5, 5.41) is 0. The van der Waals surface area contributed by atoms with Crippen LogP contribution in [0.1, 0.15) is 11.1 Å². The first-order valence-corrected chi connectivity index (χ1v) is 9.91. The van der Waals surface area contributed by atoms with Gasteiger partial charge in [-0.25, -0.2) is 0 Å². The molecule has 2 rings (SSSR count). The highest BCUT2D eigenvalue weighted by molar-refractivity contribution is 9.10. The quantitative estimate of drug-likeness (QED) is 0.272. The molecular weight excluding hydrogens is 578 g/mol. The first-order chi connectivity index (χ1) is 13.9. The van der Waals surface area contributed by atoms with Crippen LogP contribution >= 0.6 is 31.9 Å². The van der Waals surface area contributed by atoms with Crippen molar-refractivity contribution in [1.82, 2.24) is 0 Å². The molecule has 0 saturated heterocycles. The minimum absolute atomic E-state index is 0.343. The lowest BCUT2D eigenvalue weighted by atomic mass is 9.89. The SMILES string of the molecule is FC(F)(Cc1ccc(Br)cc1)C(F)(F)C(F)(F)C(F)(F)C(F)(F)Cc1ccc(Br)cc1. The van der Waals surface area contributed by atoms with Crippen LogP contribution in [0.4, 0.5) is 43.9 Å². The van der Waals surface area contributed by atoms with Gasteiger partial charge in [-0.15, -0.1) is 0 Å². The Labute approximate surface area is 186 Å². The van der Waals surface area contributed by atoms with Gasteiger partial charge in [0.25, 0.3) is 0 Å². The molecule has 0 saturated carbocycles. The van der Waals surface area contributed by atoms with Gasteiger partial charge in [-0.3, -0.25) is 0 Å². The number of rotatable bonds is 8. The molecule has 2 aromatic rings. The summed E-state index contributed by atoms with van der Waals surface area (Å²) < 4.78 is 141. The number of benzene rings is 2. The Morgan fingerprint density at radius 3 is 0.968 bits per heavy atom. The van der Waals surface area contributed by atoms with Crippen LogP contribution in [0.3, 0.4) is 0 Å². The van der Waals surface area contributed by atoms with E-state index in [1.165, 1.54) is 0 Å². The summed E-state index contributed by atoms with van der Waals surface area (Å²) in [6.07, 6.45) is -4.14. The fourth-order valence-electron chi connectivity index (χ4n) is 2.60. The predicted octanol–water partition coefficient (Wildman–Crippen LogP) is 8.17. The van der Waals surface area contributed by atoms with Gasteiger partial charge < -0.3 is 0 Å². The fourth-order valence-corrected chi connectivity index (χ4v) is 3.12. The zero-order valence-electron chi connectivity index (χ0n) is 15.1. The van der Waals surface area contributed by atoms with E-state index < -0.39 is 53.6 Å². The predicted molar refractivity (Wildman–Crippen MR) is 100 cm³/mol. The minimum atomic E-state index is -7.07. The molecule has 0 bridgehead atoms. The maximum atomic E-state index is 14.0. The molecule has 0 N–H and O–H groups in total. The Bertz CT molecular complexity index is 819. The van der Waals surface area contributed by atoms with Gasteiger partial charge in [-0.2, -0.15) is 43.9 Å². The summed E-state index contributed by atoms with van der Waals surface area (Å²) in [6, 6.07) is 7.98. The maximum Gasteiger partial charge on any atom is 0.384 e. The summed E-state index contributed by atoms with van der Waals surface area (Å²) in [5.41, 5.74) is -1.18. The third-order valence-corrected chi connectivity index (χ3v) is 5.44. The highest BCUT2D eigenvalue weighted by Gasteiger charge is 2.85. The van der Waals surface area contributed by atoms with Gasteiger partial charge in [0.15, 0.2) is 0 Å². The molecule has 31 heavy (non-hydrogen) atoms. The van der Waals surface area contributed by atoms with Crippen molar-refractivity contribution in [3.63, 3.8) is 0 Å². The fraction of sp³-hybridized carbons (Fsp3) is 0.368. The Morgan fingerprint density at radius 1 is 0.452 bits per heavy atom. The summed E-state index contributed by atoms with van der Waals surface area (Å²) >= 11 is 5.87. The molecular formula is C19H12Br2F10. The molecule has 0 nitrogen and oxygen atoms in total. The van der Waals surface area contributed by atoms with Crippen molar-refractivity contribution in [2.24, 2.45) is 0 Å². The van der Waals surface area contributed by atoms with Crippen molar-refractivity contribution in [3.05, 3.63) is 68.6 Å². The second-order valence-electron chi connectivity index (χ2n) is 6.74. The highest BCUT2D eigenvalue weighted by Crippen LogP contribution is 2.58. The molecule has 0 aromatic heterocycles. The number of hydrogen-bond donors (Lipinski definition) is 0. The zero-order chi connectivity index (χ0) is 23.9.